The van der Waals surface area contributed by atoms with Gasteiger partial charge in [-0.2, -0.15) is 0 Å². The molecule has 0 atom stereocenters. The zero-order valence-corrected chi connectivity index (χ0v) is 18.3. The van der Waals surface area contributed by atoms with Crippen LogP contribution >= 0.6 is 24.0 Å². The number of hydrogen-bond acceptors (Lipinski definition) is 3. The standard InChI is InChI=1S/C19H30N4O2.HI/c1-4-25-19(24)23-12-9-17(10-13-23)22-18(20-3)21-11-8-16-7-5-6-15(2)14-16;/h5-7,14,17H,4,8-13H2,1-3H3,(H2,20,21,22);1H. The highest BCUT2D eigenvalue weighted by molar-refractivity contribution is 14.0. The van der Waals surface area contributed by atoms with Crippen molar-refractivity contribution in [3.63, 3.8) is 0 Å². The Labute approximate surface area is 173 Å². The average molecular weight is 474 g/mol. The van der Waals surface area contributed by atoms with E-state index in [1.807, 2.05) is 6.92 Å². The minimum absolute atomic E-state index is 0. The topological polar surface area (TPSA) is 66.0 Å². The summed E-state index contributed by atoms with van der Waals surface area (Å²) in [7, 11) is 1.79. The summed E-state index contributed by atoms with van der Waals surface area (Å²) < 4.78 is 5.05. The fourth-order valence-electron chi connectivity index (χ4n) is 3.00. The highest BCUT2D eigenvalue weighted by atomic mass is 127. The van der Waals surface area contributed by atoms with Crippen LogP contribution in [-0.4, -0.2) is 56.3 Å². The molecular weight excluding hydrogens is 443 g/mol. The fraction of sp³-hybridized carbons (Fsp3) is 0.579. The molecule has 1 amide bonds. The van der Waals surface area contributed by atoms with Gasteiger partial charge in [0.25, 0.3) is 0 Å². The number of guanidine groups is 1. The van der Waals surface area contributed by atoms with Crippen molar-refractivity contribution in [1.82, 2.24) is 15.5 Å². The average Bonchev–Trinajstić information content (AvgIpc) is 2.61. The number of nitrogens with one attached hydrogen (secondary N) is 2. The van der Waals surface area contributed by atoms with Gasteiger partial charge in [0, 0.05) is 32.7 Å². The number of carbonyl (C=O) groups is 1. The van der Waals surface area contributed by atoms with Crippen molar-refractivity contribution < 1.29 is 9.53 Å². The van der Waals surface area contributed by atoms with E-state index in [0.29, 0.717) is 12.6 Å². The van der Waals surface area contributed by atoms with E-state index in [-0.39, 0.29) is 30.1 Å². The molecular formula is C19H31IN4O2. The summed E-state index contributed by atoms with van der Waals surface area (Å²) >= 11 is 0. The molecule has 1 heterocycles. The largest absolute Gasteiger partial charge is 0.450 e. The van der Waals surface area contributed by atoms with E-state index >= 15 is 0 Å². The van der Waals surface area contributed by atoms with E-state index < -0.39 is 0 Å². The lowest BCUT2D eigenvalue weighted by Gasteiger charge is -2.32. The summed E-state index contributed by atoms with van der Waals surface area (Å²) in [6.07, 6.45) is 2.56. The maximum atomic E-state index is 11.7. The molecule has 1 aromatic rings. The van der Waals surface area contributed by atoms with Gasteiger partial charge in [-0.1, -0.05) is 29.8 Å². The maximum Gasteiger partial charge on any atom is 0.409 e. The molecule has 1 fully saturated rings. The number of ether oxygens (including phenoxy) is 1. The van der Waals surface area contributed by atoms with Gasteiger partial charge < -0.3 is 20.3 Å². The lowest BCUT2D eigenvalue weighted by atomic mass is 10.1. The van der Waals surface area contributed by atoms with Crippen LogP contribution in [0.2, 0.25) is 0 Å². The van der Waals surface area contributed by atoms with Crippen molar-refractivity contribution in [1.29, 1.82) is 0 Å². The van der Waals surface area contributed by atoms with Crippen LogP contribution < -0.4 is 10.6 Å². The summed E-state index contributed by atoms with van der Waals surface area (Å²) in [4.78, 5) is 17.8. The molecule has 0 aliphatic carbocycles. The maximum absolute atomic E-state index is 11.7. The van der Waals surface area contributed by atoms with Crippen LogP contribution in [0, 0.1) is 6.92 Å². The first-order chi connectivity index (χ1) is 12.1. The number of piperidine rings is 1. The molecule has 0 spiro atoms. The Hall–Kier alpha value is -1.51. The van der Waals surface area contributed by atoms with E-state index in [9.17, 15) is 4.79 Å². The van der Waals surface area contributed by atoms with Gasteiger partial charge in [-0.05, 0) is 38.7 Å². The van der Waals surface area contributed by atoms with Crippen molar-refractivity contribution in [2.75, 3.05) is 33.3 Å². The minimum Gasteiger partial charge on any atom is -0.450 e. The molecule has 0 saturated carbocycles. The van der Waals surface area contributed by atoms with Gasteiger partial charge in [-0.25, -0.2) is 4.79 Å². The van der Waals surface area contributed by atoms with Crippen LogP contribution in [0.4, 0.5) is 4.79 Å². The van der Waals surface area contributed by atoms with E-state index in [1.165, 1.54) is 11.1 Å². The number of halogens is 1. The lowest BCUT2D eigenvalue weighted by molar-refractivity contribution is 0.0963. The van der Waals surface area contributed by atoms with Crippen molar-refractivity contribution in [2.45, 2.75) is 39.2 Å². The first-order valence-corrected chi connectivity index (χ1v) is 9.06. The molecule has 0 unspecified atom stereocenters. The molecule has 2 rings (SSSR count). The number of hydrogen-bond donors (Lipinski definition) is 2. The molecule has 7 heteroatoms. The molecule has 146 valence electrons. The molecule has 1 saturated heterocycles. The highest BCUT2D eigenvalue weighted by Gasteiger charge is 2.23. The molecule has 6 nitrogen and oxygen atoms in total. The van der Waals surface area contributed by atoms with Gasteiger partial charge in [0.05, 0.1) is 6.61 Å². The fourth-order valence-corrected chi connectivity index (χ4v) is 3.00. The van der Waals surface area contributed by atoms with Gasteiger partial charge in [-0.15, -0.1) is 24.0 Å². The van der Waals surface area contributed by atoms with E-state index in [0.717, 1.165) is 44.9 Å². The first-order valence-electron chi connectivity index (χ1n) is 9.06. The second-order valence-electron chi connectivity index (χ2n) is 6.34. The summed E-state index contributed by atoms with van der Waals surface area (Å²) in [5.74, 6) is 0.822. The summed E-state index contributed by atoms with van der Waals surface area (Å²) in [6, 6.07) is 8.89. The van der Waals surface area contributed by atoms with E-state index in [4.69, 9.17) is 4.74 Å². The number of rotatable bonds is 5. The minimum atomic E-state index is -0.207. The number of likely N-dealkylation sites (tertiary alicyclic amines) is 1. The highest BCUT2D eigenvalue weighted by Crippen LogP contribution is 2.11. The Morgan fingerprint density at radius 1 is 1.35 bits per heavy atom. The lowest BCUT2D eigenvalue weighted by Crippen LogP contribution is -2.50. The van der Waals surface area contributed by atoms with E-state index in [2.05, 4.69) is 46.8 Å². The van der Waals surface area contributed by atoms with Gasteiger partial charge in [0.15, 0.2) is 5.96 Å². The second kappa shape index (κ2) is 12.0. The predicted molar refractivity (Wildman–Crippen MR) is 116 cm³/mol. The first kappa shape index (κ1) is 22.5. The number of nitrogens with zero attached hydrogens (tertiary/aromatic N) is 2. The SMILES string of the molecule is CCOC(=O)N1CCC(NC(=NC)NCCc2cccc(C)c2)CC1.I. The van der Waals surface area contributed by atoms with Gasteiger partial charge in [0.2, 0.25) is 0 Å². The van der Waals surface area contributed by atoms with Crippen molar-refractivity contribution in [3.8, 4) is 0 Å². The Balaban J connectivity index is 0.00000338. The van der Waals surface area contributed by atoms with E-state index in [1.54, 1.807) is 11.9 Å². The Kier molecular flexibility index (Phi) is 10.4. The van der Waals surface area contributed by atoms with Crippen LogP contribution in [0.25, 0.3) is 0 Å². The van der Waals surface area contributed by atoms with Gasteiger partial charge in [-0.3, -0.25) is 4.99 Å². The molecule has 0 bridgehead atoms. The third kappa shape index (κ3) is 7.39. The predicted octanol–water partition coefficient (Wildman–Crippen LogP) is 2.94. The van der Waals surface area contributed by atoms with Crippen LogP contribution in [0.15, 0.2) is 29.3 Å². The zero-order valence-electron chi connectivity index (χ0n) is 16.0. The number of amides is 1. The van der Waals surface area contributed by atoms with Crippen molar-refractivity contribution in [2.24, 2.45) is 4.99 Å². The van der Waals surface area contributed by atoms with Crippen molar-refractivity contribution in [3.05, 3.63) is 35.4 Å². The molecule has 26 heavy (non-hydrogen) atoms. The second-order valence-corrected chi connectivity index (χ2v) is 6.34. The van der Waals surface area contributed by atoms with Crippen LogP contribution in [0.3, 0.4) is 0 Å². The van der Waals surface area contributed by atoms with Crippen molar-refractivity contribution >= 4 is 36.0 Å². The zero-order chi connectivity index (χ0) is 18.1. The molecule has 0 radical (unpaired) electrons. The quantitative estimate of drug-likeness (QED) is 0.392. The number of aryl methyl sites for hydroxylation is 1. The Morgan fingerprint density at radius 2 is 2.08 bits per heavy atom. The number of aliphatic imine (C=N–C) groups is 1. The van der Waals surface area contributed by atoms with Gasteiger partial charge in [0.1, 0.15) is 0 Å². The summed E-state index contributed by atoms with van der Waals surface area (Å²) in [5.41, 5.74) is 2.61. The summed E-state index contributed by atoms with van der Waals surface area (Å²) in [6.45, 7) is 6.64. The third-order valence-corrected chi connectivity index (χ3v) is 4.37. The Bertz CT molecular complexity index is 587. The smallest absolute Gasteiger partial charge is 0.409 e. The molecule has 1 aromatic carbocycles. The number of benzene rings is 1. The van der Waals surface area contributed by atoms with Gasteiger partial charge >= 0.3 is 6.09 Å². The third-order valence-electron chi connectivity index (χ3n) is 4.37. The molecule has 1 aliphatic heterocycles. The molecule has 2 N–H and O–H groups in total. The van der Waals surface area contributed by atoms with Crippen LogP contribution in [0.5, 0.6) is 0 Å². The monoisotopic (exact) mass is 474 g/mol. The van der Waals surface area contributed by atoms with Crippen LogP contribution in [0.1, 0.15) is 30.9 Å². The summed E-state index contributed by atoms with van der Waals surface area (Å²) in [5, 5.41) is 6.83. The molecule has 0 aromatic heterocycles. The Morgan fingerprint density at radius 3 is 2.69 bits per heavy atom. The normalized spacial score (nSPS) is 15.2. The molecule has 1 aliphatic rings. The number of carbonyl (C=O) groups excluding carboxylic acids is 1. The van der Waals surface area contributed by atoms with Crippen LogP contribution in [-0.2, 0) is 11.2 Å².